The van der Waals surface area contributed by atoms with Gasteiger partial charge in [0.25, 0.3) is 0 Å². The molecule has 0 bridgehead atoms. The van der Waals surface area contributed by atoms with Crippen LogP contribution in [0.5, 0.6) is 0 Å². The normalized spacial score (nSPS) is 18.8. The van der Waals surface area contributed by atoms with E-state index in [1.165, 1.54) is 6.07 Å². The molecule has 1 fully saturated rings. The Morgan fingerprint density at radius 2 is 1.80 bits per heavy atom. The summed E-state index contributed by atoms with van der Waals surface area (Å²) in [5, 5.41) is 0. The summed E-state index contributed by atoms with van der Waals surface area (Å²) in [4.78, 5) is 14.8. The van der Waals surface area contributed by atoms with E-state index < -0.39 is 9.84 Å². The molecule has 2 aromatic rings. The smallest absolute Gasteiger partial charge is 0.237 e. The molecular formula is C18H18FNO3S2. The standard InChI is InChI=1S/C18H18FNO3S2/c19-16-8-4-5-9-17(16)24-12-18(21)20(14-6-2-1-3-7-14)15-10-11-25(22,23)13-15/h1-9,15H,10-13H2/t15-/m0/s1. The number of carbonyl (C=O) groups is 1. The highest BCUT2D eigenvalue weighted by Gasteiger charge is 2.35. The third-order valence-electron chi connectivity index (χ3n) is 4.06. The van der Waals surface area contributed by atoms with Crippen molar-refractivity contribution in [2.75, 3.05) is 22.2 Å². The Labute approximate surface area is 151 Å². The molecule has 1 aliphatic rings. The minimum atomic E-state index is -3.12. The number of benzene rings is 2. The highest BCUT2D eigenvalue weighted by atomic mass is 32.2. The molecule has 0 aliphatic carbocycles. The number of halogens is 1. The number of nitrogens with zero attached hydrogens (tertiary/aromatic N) is 1. The van der Waals surface area contributed by atoms with E-state index in [1.807, 2.05) is 18.2 Å². The topological polar surface area (TPSA) is 54.5 Å². The summed E-state index contributed by atoms with van der Waals surface area (Å²) in [6.07, 6.45) is 0.424. The Balaban J connectivity index is 1.79. The Morgan fingerprint density at radius 3 is 2.44 bits per heavy atom. The summed E-state index contributed by atoms with van der Waals surface area (Å²) in [5.41, 5.74) is 0.670. The van der Waals surface area contributed by atoms with Crippen molar-refractivity contribution in [2.24, 2.45) is 0 Å². The molecule has 2 aromatic carbocycles. The molecule has 25 heavy (non-hydrogen) atoms. The van der Waals surface area contributed by atoms with Crippen LogP contribution in [-0.4, -0.2) is 37.6 Å². The van der Waals surface area contributed by atoms with Crippen molar-refractivity contribution in [3.8, 4) is 0 Å². The lowest BCUT2D eigenvalue weighted by molar-refractivity contribution is -0.116. The van der Waals surface area contributed by atoms with Crippen LogP contribution in [-0.2, 0) is 14.6 Å². The number of thioether (sulfide) groups is 1. The largest absolute Gasteiger partial charge is 0.308 e. The van der Waals surface area contributed by atoms with E-state index in [4.69, 9.17) is 0 Å². The Morgan fingerprint density at radius 1 is 1.12 bits per heavy atom. The number of para-hydroxylation sites is 1. The maximum atomic E-state index is 13.7. The molecule has 7 heteroatoms. The van der Waals surface area contributed by atoms with Gasteiger partial charge in [-0.25, -0.2) is 12.8 Å². The van der Waals surface area contributed by atoms with Gasteiger partial charge >= 0.3 is 0 Å². The number of anilines is 1. The summed E-state index contributed by atoms with van der Waals surface area (Å²) in [7, 11) is -3.12. The molecule has 1 heterocycles. The summed E-state index contributed by atoms with van der Waals surface area (Å²) in [6.45, 7) is 0. The van der Waals surface area contributed by atoms with Gasteiger partial charge < -0.3 is 4.90 Å². The second kappa shape index (κ2) is 7.58. The van der Waals surface area contributed by atoms with Crippen LogP contribution in [0.1, 0.15) is 6.42 Å². The SMILES string of the molecule is O=C(CSc1ccccc1F)N(c1ccccc1)[C@H]1CCS(=O)(=O)C1. The van der Waals surface area contributed by atoms with Gasteiger partial charge in [0.2, 0.25) is 5.91 Å². The zero-order chi connectivity index (χ0) is 17.9. The quantitative estimate of drug-likeness (QED) is 0.749. The fraction of sp³-hybridized carbons (Fsp3) is 0.278. The van der Waals surface area contributed by atoms with Crippen molar-refractivity contribution in [3.05, 3.63) is 60.4 Å². The monoisotopic (exact) mass is 379 g/mol. The van der Waals surface area contributed by atoms with Crippen LogP contribution in [0.4, 0.5) is 10.1 Å². The number of hydrogen-bond donors (Lipinski definition) is 0. The predicted molar refractivity (Wildman–Crippen MR) is 98.1 cm³/mol. The zero-order valence-corrected chi connectivity index (χ0v) is 15.1. The van der Waals surface area contributed by atoms with Gasteiger partial charge in [-0.3, -0.25) is 4.79 Å². The lowest BCUT2D eigenvalue weighted by Gasteiger charge is -2.28. The molecule has 0 radical (unpaired) electrons. The number of sulfone groups is 1. The van der Waals surface area contributed by atoms with E-state index in [2.05, 4.69) is 0 Å². The number of rotatable bonds is 5. The van der Waals surface area contributed by atoms with Gasteiger partial charge in [0.15, 0.2) is 9.84 Å². The molecular weight excluding hydrogens is 361 g/mol. The maximum absolute atomic E-state index is 13.7. The molecule has 0 spiro atoms. The molecule has 0 saturated carbocycles. The molecule has 1 amide bonds. The molecule has 0 N–H and O–H groups in total. The highest BCUT2D eigenvalue weighted by Crippen LogP contribution is 2.27. The first-order chi connectivity index (χ1) is 12.0. The van der Waals surface area contributed by atoms with Crippen molar-refractivity contribution in [1.29, 1.82) is 0 Å². The molecule has 1 saturated heterocycles. The molecule has 4 nitrogen and oxygen atoms in total. The summed E-state index contributed by atoms with van der Waals surface area (Å²) in [5.74, 6) is -0.476. The van der Waals surface area contributed by atoms with Gasteiger partial charge in [0, 0.05) is 10.6 Å². The van der Waals surface area contributed by atoms with Crippen LogP contribution >= 0.6 is 11.8 Å². The van der Waals surface area contributed by atoms with Gasteiger partial charge in [-0.15, -0.1) is 11.8 Å². The van der Waals surface area contributed by atoms with Gasteiger partial charge in [-0.2, -0.15) is 0 Å². The van der Waals surface area contributed by atoms with E-state index >= 15 is 0 Å². The lowest BCUT2D eigenvalue weighted by Crippen LogP contribution is -2.42. The Kier molecular flexibility index (Phi) is 5.44. The van der Waals surface area contributed by atoms with Gasteiger partial charge in [-0.1, -0.05) is 30.3 Å². The second-order valence-electron chi connectivity index (χ2n) is 5.88. The van der Waals surface area contributed by atoms with Gasteiger partial charge in [0.1, 0.15) is 5.82 Å². The Bertz CT molecular complexity index is 856. The summed E-state index contributed by atoms with van der Waals surface area (Å²) < 4.78 is 37.4. The van der Waals surface area contributed by atoms with Crippen LogP contribution in [0, 0.1) is 5.82 Å². The second-order valence-corrected chi connectivity index (χ2v) is 9.12. The third kappa shape index (κ3) is 4.41. The van der Waals surface area contributed by atoms with Gasteiger partial charge in [-0.05, 0) is 30.7 Å². The predicted octanol–water partition coefficient (Wildman–Crippen LogP) is 3.14. The van der Waals surface area contributed by atoms with E-state index in [1.54, 1.807) is 35.2 Å². The van der Waals surface area contributed by atoms with Crippen LogP contribution in [0.3, 0.4) is 0 Å². The number of hydrogen-bond acceptors (Lipinski definition) is 4. The average molecular weight is 379 g/mol. The molecule has 0 aromatic heterocycles. The third-order valence-corrected chi connectivity index (χ3v) is 6.85. The van der Waals surface area contributed by atoms with E-state index in [-0.39, 0.29) is 35.0 Å². The van der Waals surface area contributed by atoms with Crippen molar-refractivity contribution in [3.63, 3.8) is 0 Å². The van der Waals surface area contributed by atoms with E-state index in [9.17, 15) is 17.6 Å². The molecule has 132 valence electrons. The van der Waals surface area contributed by atoms with E-state index in [0.29, 0.717) is 17.0 Å². The van der Waals surface area contributed by atoms with Gasteiger partial charge in [0.05, 0.1) is 23.3 Å². The summed E-state index contributed by atoms with van der Waals surface area (Å²) in [6, 6.07) is 15.0. The fourth-order valence-electron chi connectivity index (χ4n) is 2.90. The fourth-order valence-corrected chi connectivity index (χ4v) is 5.40. The van der Waals surface area contributed by atoms with Crippen molar-refractivity contribution < 1.29 is 17.6 Å². The first-order valence-corrected chi connectivity index (χ1v) is 10.7. The molecule has 1 aliphatic heterocycles. The van der Waals surface area contributed by atoms with E-state index in [0.717, 1.165) is 11.8 Å². The zero-order valence-electron chi connectivity index (χ0n) is 13.5. The first-order valence-electron chi connectivity index (χ1n) is 7.91. The first kappa shape index (κ1) is 17.9. The maximum Gasteiger partial charge on any atom is 0.237 e. The number of amides is 1. The lowest BCUT2D eigenvalue weighted by atomic mass is 10.2. The molecule has 3 rings (SSSR count). The van der Waals surface area contributed by atoms with Crippen LogP contribution in [0.15, 0.2) is 59.5 Å². The minimum Gasteiger partial charge on any atom is -0.308 e. The average Bonchev–Trinajstić information content (AvgIpc) is 2.95. The van der Waals surface area contributed by atoms with Crippen LogP contribution < -0.4 is 4.90 Å². The number of carbonyl (C=O) groups excluding carboxylic acids is 1. The minimum absolute atomic E-state index is 0.0298. The highest BCUT2D eigenvalue weighted by molar-refractivity contribution is 8.00. The van der Waals surface area contributed by atoms with Crippen molar-refractivity contribution >= 4 is 33.2 Å². The van der Waals surface area contributed by atoms with Crippen LogP contribution in [0.25, 0.3) is 0 Å². The molecule has 0 unspecified atom stereocenters. The molecule has 1 atom stereocenters. The Hall–Kier alpha value is -1.86. The van der Waals surface area contributed by atoms with Crippen molar-refractivity contribution in [1.82, 2.24) is 0 Å². The summed E-state index contributed by atoms with van der Waals surface area (Å²) >= 11 is 1.12. The van der Waals surface area contributed by atoms with Crippen molar-refractivity contribution in [2.45, 2.75) is 17.4 Å². The van der Waals surface area contributed by atoms with Crippen LogP contribution in [0.2, 0.25) is 0 Å².